The largest absolute Gasteiger partial charge is 0.480 e. The third-order valence-corrected chi connectivity index (χ3v) is 3.46. The third-order valence-electron chi connectivity index (χ3n) is 3.09. The summed E-state index contributed by atoms with van der Waals surface area (Å²) >= 11 is 3.96. The summed E-state index contributed by atoms with van der Waals surface area (Å²) in [5, 5.41) is 22.3. The van der Waals surface area contributed by atoms with Crippen molar-refractivity contribution in [3.63, 3.8) is 0 Å². The van der Waals surface area contributed by atoms with E-state index in [1.807, 2.05) is 0 Å². The molecule has 23 heavy (non-hydrogen) atoms. The van der Waals surface area contributed by atoms with Crippen LogP contribution in [0, 0.1) is 0 Å². The van der Waals surface area contributed by atoms with Gasteiger partial charge in [0, 0.05) is 12.2 Å². The average Bonchev–Trinajstić information content (AvgIpc) is 2.49. The molecule has 2 amide bonds. The summed E-state index contributed by atoms with van der Waals surface area (Å²) in [6.45, 7) is 1.61. The van der Waals surface area contributed by atoms with Crippen molar-refractivity contribution in [3.8, 4) is 0 Å². The minimum absolute atomic E-state index is 0.00225. The second kappa shape index (κ2) is 10.8. The van der Waals surface area contributed by atoms with Crippen LogP contribution in [0.4, 0.5) is 0 Å². The molecule has 132 valence electrons. The molecule has 0 aliphatic rings. The molecule has 0 heterocycles. The van der Waals surface area contributed by atoms with E-state index in [0.29, 0.717) is 0 Å². The number of hydrogen-bond acceptors (Lipinski definition) is 6. The normalized spacial score (nSPS) is 14.4. The molecule has 6 N–H and O–H groups in total. The number of amides is 2. The molecular weight excluding hydrogens is 326 g/mol. The van der Waals surface area contributed by atoms with Crippen LogP contribution in [0.2, 0.25) is 0 Å². The van der Waals surface area contributed by atoms with Crippen LogP contribution in [0.15, 0.2) is 0 Å². The lowest BCUT2D eigenvalue weighted by molar-refractivity contribution is -0.142. The predicted octanol–water partition coefficient (Wildman–Crippen LogP) is -1.04. The van der Waals surface area contributed by atoms with E-state index in [0.717, 1.165) is 0 Å². The van der Waals surface area contributed by atoms with Crippen molar-refractivity contribution < 1.29 is 29.4 Å². The van der Waals surface area contributed by atoms with Crippen LogP contribution in [-0.4, -0.2) is 57.8 Å². The molecule has 0 saturated carbocycles. The molecule has 0 aliphatic carbocycles. The highest BCUT2D eigenvalue weighted by atomic mass is 32.1. The van der Waals surface area contributed by atoms with E-state index >= 15 is 0 Å². The summed E-state index contributed by atoms with van der Waals surface area (Å²) in [7, 11) is 0. The van der Waals surface area contributed by atoms with E-state index in [-0.39, 0.29) is 31.4 Å². The Morgan fingerprint density at radius 3 is 2.13 bits per heavy atom. The molecule has 3 atom stereocenters. The highest BCUT2D eigenvalue weighted by Gasteiger charge is 2.24. The Balaban J connectivity index is 4.35. The van der Waals surface area contributed by atoms with Gasteiger partial charge in [0.15, 0.2) is 0 Å². The lowest BCUT2D eigenvalue weighted by Crippen LogP contribution is -2.52. The van der Waals surface area contributed by atoms with Crippen LogP contribution in [0.1, 0.15) is 32.6 Å². The first-order valence-corrected chi connectivity index (χ1v) is 7.77. The van der Waals surface area contributed by atoms with Gasteiger partial charge in [-0.25, -0.2) is 4.79 Å². The second-order valence-electron chi connectivity index (χ2n) is 4.95. The molecular formula is C13H23N3O6S. The van der Waals surface area contributed by atoms with Crippen molar-refractivity contribution in [1.29, 1.82) is 0 Å². The molecule has 0 aliphatic heterocycles. The van der Waals surface area contributed by atoms with Crippen molar-refractivity contribution in [2.24, 2.45) is 5.73 Å². The molecule has 0 unspecified atom stereocenters. The van der Waals surface area contributed by atoms with Crippen molar-refractivity contribution in [1.82, 2.24) is 10.6 Å². The number of rotatable bonds is 11. The average molecular weight is 349 g/mol. The molecule has 0 rings (SSSR count). The Hall–Kier alpha value is -1.81. The number of aliphatic carboxylic acids is 2. The van der Waals surface area contributed by atoms with Gasteiger partial charge in [-0.05, 0) is 19.3 Å². The van der Waals surface area contributed by atoms with Crippen LogP contribution in [0.5, 0.6) is 0 Å². The maximum absolute atomic E-state index is 11.9. The molecule has 0 aromatic carbocycles. The summed E-state index contributed by atoms with van der Waals surface area (Å²) in [5.74, 6) is -3.39. The summed E-state index contributed by atoms with van der Waals surface area (Å²) in [5.41, 5.74) is 5.31. The Bertz CT molecular complexity index is 445. The monoisotopic (exact) mass is 349 g/mol. The summed E-state index contributed by atoms with van der Waals surface area (Å²) in [6, 6.07) is -3.03. The van der Waals surface area contributed by atoms with Crippen molar-refractivity contribution in [2.75, 3.05) is 5.75 Å². The molecule has 0 radical (unpaired) electrons. The van der Waals surface area contributed by atoms with Gasteiger partial charge in [0.05, 0.1) is 0 Å². The lowest BCUT2D eigenvalue weighted by Gasteiger charge is -2.19. The van der Waals surface area contributed by atoms with Gasteiger partial charge in [0.1, 0.15) is 18.1 Å². The first-order valence-electron chi connectivity index (χ1n) is 7.14. The number of hydrogen-bond donors (Lipinski definition) is 6. The van der Waals surface area contributed by atoms with Crippen molar-refractivity contribution in [3.05, 3.63) is 0 Å². The standard InChI is InChI=1S/C13H23N3O6S/c1-2-8(13(21)22)16-11(18)9(6-23)15-10(17)5-3-4-7(14)12(19)20/h7-9,23H,2-6,14H2,1H3,(H,15,17)(H,16,18)(H,19,20)(H,21,22)/t7-,8+,9-/m0/s1. The smallest absolute Gasteiger partial charge is 0.326 e. The number of nitrogens with one attached hydrogen (secondary N) is 2. The SMILES string of the molecule is CC[C@@H](NC(=O)[C@H](CS)NC(=O)CCC[C@H](N)C(=O)O)C(=O)O. The molecule has 0 aromatic rings. The van der Waals surface area contributed by atoms with Gasteiger partial charge in [0.2, 0.25) is 11.8 Å². The van der Waals surface area contributed by atoms with Crippen LogP contribution >= 0.6 is 12.6 Å². The van der Waals surface area contributed by atoms with Crippen molar-refractivity contribution in [2.45, 2.75) is 50.7 Å². The van der Waals surface area contributed by atoms with E-state index in [4.69, 9.17) is 15.9 Å². The van der Waals surface area contributed by atoms with E-state index in [1.165, 1.54) is 0 Å². The molecule has 0 fully saturated rings. The maximum Gasteiger partial charge on any atom is 0.326 e. The number of carbonyl (C=O) groups excluding carboxylic acids is 2. The number of nitrogens with two attached hydrogens (primary N) is 1. The Morgan fingerprint density at radius 1 is 1.09 bits per heavy atom. The zero-order valence-electron chi connectivity index (χ0n) is 12.8. The minimum atomic E-state index is -1.16. The zero-order chi connectivity index (χ0) is 18.0. The minimum Gasteiger partial charge on any atom is -0.480 e. The highest BCUT2D eigenvalue weighted by molar-refractivity contribution is 7.80. The number of carboxylic acids is 2. The first kappa shape index (κ1) is 21.2. The zero-order valence-corrected chi connectivity index (χ0v) is 13.7. The number of carbonyl (C=O) groups is 4. The van der Waals surface area contributed by atoms with Crippen molar-refractivity contribution >= 4 is 36.4 Å². The molecule has 0 aromatic heterocycles. The van der Waals surface area contributed by atoms with Crippen LogP contribution in [-0.2, 0) is 19.2 Å². The molecule has 0 saturated heterocycles. The topological polar surface area (TPSA) is 159 Å². The Morgan fingerprint density at radius 2 is 1.70 bits per heavy atom. The van der Waals surface area contributed by atoms with Gasteiger partial charge < -0.3 is 26.6 Å². The van der Waals surface area contributed by atoms with Gasteiger partial charge in [-0.3, -0.25) is 14.4 Å². The van der Waals surface area contributed by atoms with Crippen LogP contribution < -0.4 is 16.4 Å². The second-order valence-corrected chi connectivity index (χ2v) is 5.31. The fourth-order valence-corrected chi connectivity index (χ4v) is 1.93. The first-order chi connectivity index (χ1) is 10.7. The van der Waals surface area contributed by atoms with E-state index in [9.17, 15) is 19.2 Å². The van der Waals surface area contributed by atoms with Crippen LogP contribution in [0.25, 0.3) is 0 Å². The molecule has 10 heteroatoms. The van der Waals surface area contributed by atoms with Crippen LogP contribution in [0.3, 0.4) is 0 Å². The van der Waals surface area contributed by atoms with Gasteiger partial charge in [-0.1, -0.05) is 6.92 Å². The number of carboxylic acid groups (broad SMARTS) is 2. The van der Waals surface area contributed by atoms with Gasteiger partial charge in [-0.2, -0.15) is 12.6 Å². The third kappa shape index (κ3) is 8.41. The summed E-state index contributed by atoms with van der Waals surface area (Å²) in [4.78, 5) is 45.1. The Kier molecular flexibility index (Phi) is 9.99. The lowest BCUT2D eigenvalue weighted by atomic mass is 10.1. The quantitative estimate of drug-likeness (QED) is 0.260. The van der Waals surface area contributed by atoms with Gasteiger partial charge in [0.25, 0.3) is 0 Å². The molecule has 0 bridgehead atoms. The fourth-order valence-electron chi connectivity index (χ4n) is 1.68. The summed E-state index contributed by atoms with van der Waals surface area (Å²) in [6.07, 6.45) is 0.612. The van der Waals surface area contributed by atoms with Gasteiger partial charge in [-0.15, -0.1) is 0 Å². The van der Waals surface area contributed by atoms with E-state index < -0.39 is 41.9 Å². The number of thiol groups is 1. The Labute approximate surface area is 139 Å². The molecule has 0 spiro atoms. The summed E-state index contributed by atoms with van der Waals surface area (Å²) < 4.78 is 0. The van der Waals surface area contributed by atoms with E-state index in [2.05, 4.69) is 23.3 Å². The highest BCUT2D eigenvalue weighted by Crippen LogP contribution is 2.01. The van der Waals surface area contributed by atoms with E-state index in [1.54, 1.807) is 6.92 Å². The van der Waals surface area contributed by atoms with Gasteiger partial charge >= 0.3 is 11.9 Å². The maximum atomic E-state index is 11.9. The molecule has 9 nitrogen and oxygen atoms in total. The fraction of sp³-hybridized carbons (Fsp3) is 0.692. The predicted molar refractivity (Wildman–Crippen MR) is 85.1 cm³/mol.